The highest BCUT2D eigenvalue weighted by atomic mass is 32.2. The maximum atomic E-state index is 5.71. The van der Waals surface area contributed by atoms with Crippen LogP contribution >= 0.6 is 11.8 Å². The molecule has 1 N–H and O–H groups in total. The summed E-state index contributed by atoms with van der Waals surface area (Å²) in [5.41, 5.74) is 1.29. The minimum Gasteiger partial charge on any atom is -0.438 e. The summed E-state index contributed by atoms with van der Waals surface area (Å²) in [6, 6.07) is 11.8. The average molecular weight is 273 g/mol. The highest BCUT2D eigenvalue weighted by Gasteiger charge is 2.16. The van der Waals surface area contributed by atoms with Gasteiger partial charge < -0.3 is 10.1 Å². The first kappa shape index (κ1) is 12.4. The number of hydrogen-bond acceptors (Lipinski definition) is 5. The zero-order valence-electron chi connectivity index (χ0n) is 10.5. The molecule has 1 saturated heterocycles. The first-order valence-corrected chi connectivity index (χ1v) is 7.34. The number of thioether (sulfide) groups is 1. The maximum absolute atomic E-state index is 5.71. The summed E-state index contributed by atoms with van der Waals surface area (Å²) in [5.74, 6) is 2.48. The quantitative estimate of drug-likeness (QED) is 0.931. The van der Waals surface area contributed by atoms with Crippen LogP contribution in [-0.4, -0.2) is 29.0 Å². The molecule has 0 aliphatic carbocycles. The molecule has 0 bridgehead atoms. The molecule has 0 saturated carbocycles. The van der Waals surface area contributed by atoms with Crippen LogP contribution in [0.25, 0.3) is 0 Å². The molecule has 2 heterocycles. The van der Waals surface area contributed by atoms with Gasteiger partial charge in [-0.05, 0) is 23.8 Å². The van der Waals surface area contributed by atoms with Gasteiger partial charge in [-0.25, -0.2) is 0 Å². The Balaban J connectivity index is 1.76. The van der Waals surface area contributed by atoms with E-state index in [2.05, 4.69) is 27.6 Å². The van der Waals surface area contributed by atoms with Crippen molar-refractivity contribution in [2.45, 2.75) is 5.25 Å². The van der Waals surface area contributed by atoms with E-state index in [1.165, 1.54) is 5.56 Å². The van der Waals surface area contributed by atoms with Gasteiger partial charge in [0.15, 0.2) is 0 Å². The monoisotopic (exact) mass is 273 g/mol. The number of nitrogens with one attached hydrogen (secondary N) is 1. The van der Waals surface area contributed by atoms with Crippen molar-refractivity contribution in [2.24, 2.45) is 0 Å². The van der Waals surface area contributed by atoms with Crippen molar-refractivity contribution in [3.63, 3.8) is 0 Å². The lowest BCUT2D eigenvalue weighted by Gasteiger charge is -2.23. The standard InChI is InChI=1S/C14H15N3OS/c1-3-11(13-10-15-7-8-19-13)9-12(4-1)18-14-5-2-6-16-17-14/h1-6,9,13,15H,7-8,10H2/t13-/m0/s1. The van der Waals surface area contributed by atoms with E-state index in [-0.39, 0.29) is 0 Å². The lowest BCUT2D eigenvalue weighted by Crippen LogP contribution is -2.28. The Morgan fingerprint density at radius 1 is 1.26 bits per heavy atom. The third kappa shape index (κ3) is 3.24. The molecule has 1 aliphatic rings. The van der Waals surface area contributed by atoms with Crippen molar-refractivity contribution >= 4 is 11.8 Å². The van der Waals surface area contributed by atoms with Crippen LogP contribution in [0.1, 0.15) is 10.8 Å². The molecule has 0 spiro atoms. The molecule has 1 aromatic heterocycles. The number of aromatic nitrogens is 2. The average Bonchev–Trinajstić information content (AvgIpc) is 2.49. The van der Waals surface area contributed by atoms with Gasteiger partial charge >= 0.3 is 0 Å². The van der Waals surface area contributed by atoms with E-state index in [1.807, 2.05) is 30.0 Å². The molecule has 98 valence electrons. The van der Waals surface area contributed by atoms with Crippen molar-refractivity contribution < 1.29 is 4.74 Å². The van der Waals surface area contributed by atoms with Crippen molar-refractivity contribution in [1.29, 1.82) is 0 Å². The van der Waals surface area contributed by atoms with E-state index in [0.29, 0.717) is 11.1 Å². The van der Waals surface area contributed by atoms with Crippen LogP contribution in [0.2, 0.25) is 0 Å². The Labute approximate surface area is 116 Å². The highest BCUT2D eigenvalue weighted by molar-refractivity contribution is 7.99. The summed E-state index contributed by atoms with van der Waals surface area (Å²) in [5, 5.41) is 11.6. The molecule has 1 aliphatic heterocycles. The number of nitrogens with zero attached hydrogens (tertiary/aromatic N) is 2. The lowest BCUT2D eigenvalue weighted by molar-refractivity contribution is 0.454. The van der Waals surface area contributed by atoms with Gasteiger partial charge in [0.2, 0.25) is 5.88 Å². The van der Waals surface area contributed by atoms with Crippen LogP contribution in [0.3, 0.4) is 0 Å². The molecule has 0 amide bonds. The Morgan fingerprint density at radius 2 is 2.26 bits per heavy atom. The highest BCUT2D eigenvalue weighted by Crippen LogP contribution is 2.32. The molecule has 1 fully saturated rings. The fraction of sp³-hybridized carbons (Fsp3) is 0.286. The third-order valence-electron chi connectivity index (χ3n) is 2.93. The summed E-state index contributed by atoms with van der Waals surface area (Å²) in [7, 11) is 0. The van der Waals surface area contributed by atoms with Gasteiger partial charge in [-0.1, -0.05) is 12.1 Å². The van der Waals surface area contributed by atoms with Crippen molar-refractivity contribution in [2.75, 3.05) is 18.8 Å². The van der Waals surface area contributed by atoms with Gasteiger partial charge in [-0.2, -0.15) is 16.9 Å². The zero-order chi connectivity index (χ0) is 12.9. The fourth-order valence-electron chi connectivity index (χ4n) is 2.02. The van der Waals surface area contributed by atoms with Gasteiger partial charge in [-0.15, -0.1) is 5.10 Å². The van der Waals surface area contributed by atoms with E-state index in [4.69, 9.17) is 4.74 Å². The SMILES string of the molecule is c1cc(Oc2cccnn2)cc([C@@H]2CNCCS2)c1. The Kier molecular flexibility index (Phi) is 3.95. The van der Waals surface area contributed by atoms with Crippen LogP contribution in [0.5, 0.6) is 11.6 Å². The molecule has 19 heavy (non-hydrogen) atoms. The summed E-state index contributed by atoms with van der Waals surface area (Å²) in [4.78, 5) is 0. The molecule has 0 radical (unpaired) electrons. The van der Waals surface area contributed by atoms with Gasteiger partial charge in [0, 0.05) is 36.4 Å². The topological polar surface area (TPSA) is 47.0 Å². The Morgan fingerprint density at radius 3 is 3.05 bits per heavy atom. The van der Waals surface area contributed by atoms with Crippen molar-refractivity contribution in [1.82, 2.24) is 15.5 Å². The van der Waals surface area contributed by atoms with Crippen LogP contribution in [0.4, 0.5) is 0 Å². The molecule has 3 rings (SSSR count). The minimum atomic E-state index is 0.499. The maximum Gasteiger partial charge on any atom is 0.238 e. The van der Waals surface area contributed by atoms with Gasteiger partial charge in [0.05, 0.1) is 0 Å². The molecule has 1 atom stereocenters. The summed E-state index contributed by atoms with van der Waals surface area (Å²) >= 11 is 1.99. The van der Waals surface area contributed by atoms with E-state index in [1.54, 1.807) is 12.3 Å². The fourth-order valence-corrected chi connectivity index (χ4v) is 3.14. The second kappa shape index (κ2) is 6.04. The van der Waals surface area contributed by atoms with Gasteiger partial charge in [0.1, 0.15) is 5.75 Å². The predicted octanol–water partition coefficient (Wildman–Crippen LogP) is 2.65. The molecule has 5 heteroatoms. The Bertz CT molecular complexity index is 529. The van der Waals surface area contributed by atoms with Crippen LogP contribution in [0.15, 0.2) is 42.6 Å². The van der Waals surface area contributed by atoms with E-state index in [0.717, 1.165) is 24.6 Å². The number of hydrogen-bond donors (Lipinski definition) is 1. The second-order valence-electron chi connectivity index (χ2n) is 4.30. The predicted molar refractivity (Wildman–Crippen MR) is 76.6 cm³/mol. The molecule has 1 aromatic carbocycles. The third-order valence-corrected chi connectivity index (χ3v) is 4.21. The van der Waals surface area contributed by atoms with Crippen molar-refractivity contribution in [3.05, 3.63) is 48.2 Å². The molecule has 4 nitrogen and oxygen atoms in total. The summed E-state index contributed by atoms with van der Waals surface area (Å²) in [6.45, 7) is 2.11. The first-order chi connectivity index (χ1) is 9.42. The summed E-state index contributed by atoms with van der Waals surface area (Å²) in [6.07, 6.45) is 1.63. The largest absolute Gasteiger partial charge is 0.438 e. The van der Waals surface area contributed by atoms with Crippen LogP contribution in [-0.2, 0) is 0 Å². The van der Waals surface area contributed by atoms with E-state index >= 15 is 0 Å². The van der Waals surface area contributed by atoms with Gasteiger partial charge in [0.25, 0.3) is 0 Å². The minimum absolute atomic E-state index is 0.499. The molecular formula is C14H15N3OS. The van der Waals surface area contributed by atoms with Crippen LogP contribution < -0.4 is 10.1 Å². The number of benzene rings is 1. The number of rotatable bonds is 3. The number of ether oxygens (including phenoxy) is 1. The van der Waals surface area contributed by atoms with Crippen molar-refractivity contribution in [3.8, 4) is 11.6 Å². The second-order valence-corrected chi connectivity index (χ2v) is 5.61. The first-order valence-electron chi connectivity index (χ1n) is 6.30. The van der Waals surface area contributed by atoms with Crippen LogP contribution in [0, 0.1) is 0 Å². The molecular weight excluding hydrogens is 258 g/mol. The van der Waals surface area contributed by atoms with E-state index in [9.17, 15) is 0 Å². The zero-order valence-corrected chi connectivity index (χ0v) is 11.3. The normalized spacial score (nSPS) is 19.1. The van der Waals surface area contributed by atoms with E-state index < -0.39 is 0 Å². The lowest BCUT2D eigenvalue weighted by atomic mass is 10.1. The molecule has 0 unspecified atom stereocenters. The summed E-state index contributed by atoms with van der Waals surface area (Å²) < 4.78 is 5.71. The Hall–Kier alpha value is -1.59. The smallest absolute Gasteiger partial charge is 0.238 e. The van der Waals surface area contributed by atoms with Gasteiger partial charge in [-0.3, -0.25) is 0 Å². The molecule has 2 aromatic rings.